The summed E-state index contributed by atoms with van der Waals surface area (Å²) < 4.78 is 0. The molecule has 3 saturated carbocycles. The number of allylic oxidation sites excluding steroid dienone is 1. The molecule has 0 N–H and O–H groups in total. The zero-order valence-corrected chi connectivity index (χ0v) is 15.0. The average molecular weight is 365 g/mol. The summed E-state index contributed by atoms with van der Waals surface area (Å²) in [6.45, 7) is 2.24. The lowest BCUT2D eigenvalue weighted by atomic mass is 9.47. The fraction of sp³-hybridized carbons (Fsp3) is 0.789. The molecule has 0 unspecified atom stereocenters. The van der Waals surface area contributed by atoms with Crippen molar-refractivity contribution in [3.8, 4) is 0 Å². The Hall–Kier alpha value is -0.440. The van der Waals surface area contributed by atoms with Crippen LogP contribution in [0.3, 0.4) is 0 Å². The Labute approximate surface area is 141 Å². The van der Waals surface area contributed by atoms with Crippen molar-refractivity contribution < 1.29 is 9.59 Å². The molecule has 0 aliphatic heterocycles. The average Bonchev–Trinajstić information content (AvgIpc) is 2.82. The van der Waals surface area contributed by atoms with Crippen LogP contribution in [0.2, 0.25) is 0 Å². The van der Waals surface area contributed by atoms with Gasteiger partial charge in [0, 0.05) is 29.0 Å². The van der Waals surface area contributed by atoms with Gasteiger partial charge in [-0.3, -0.25) is 9.59 Å². The Morgan fingerprint density at radius 2 is 1.91 bits per heavy atom. The highest BCUT2D eigenvalue weighted by Gasteiger charge is 2.59. The molecule has 0 saturated heterocycles. The number of ketones is 2. The van der Waals surface area contributed by atoms with E-state index in [4.69, 9.17) is 0 Å². The fourth-order valence-electron chi connectivity index (χ4n) is 6.38. The van der Waals surface area contributed by atoms with Crippen LogP contribution in [0.4, 0.5) is 0 Å². The minimum Gasteiger partial charge on any atom is -0.299 e. The Morgan fingerprint density at radius 1 is 1.09 bits per heavy atom. The van der Waals surface area contributed by atoms with Crippen LogP contribution >= 0.6 is 15.9 Å². The van der Waals surface area contributed by atoms with E-state index in [-0.39, 0.29) is 10.8 Å². The van der Waals surface area contributed by atoms with Gasteiger partial charge in [0.2, 0.25) is 0 Å². The molecule has 3 fully saturated rings. The second kappa shape index (κ2) is 5.03. The molecule has 120 valence electrons. The van der Waals surface area contributed by atoms with Crippen LogP contribution in [0, 0.1) is 28.6 Å². The van der Waals surface area contributed by atoms with Gasteiger partial charge in [-0.15, -0.1) is 0 Å². The number of fused-ring (bicyclic) bond motifs is 5. The zero-order valence-electron chi connectivity index (χ0n) is 13.4. The van der Waals surface area contributed by atoms with E-state index in [1.807, 2.05) is 6.08 Å². The largest absolute Gasteiger partial charge is 0.299 e. The van der Waals surface area contributed by atoms with Gasteiger partial charge >= 0.3 is 0 Å². The zero-order chi connectivity index (χ0) is 15.5. The highest BCUT2D eigenvalue weighted by molar-refractivity contribution is 9.09. The van der Waals surface area contributed by atoms with Gasteiger partial charge in [-0.2, -0.15) is 0 Å². The summed E-state index contributed by atoms with van der Waals surface area (Å²) in [5, 5.41) is 0.984. The van der Waals surface area contributed by atoms with Gasteiger partial charge in [0.05, 0.1) is 0 Å². The van der Waals surface area contributed by atoms with E-state index in [2.05, 4.69) is 22.9 Å². The van der Waals surface area contributed by atoms with E-state index in [0.717, 1.165) is 37.4 Å². The SMILES string of the molecule is C[C@]12CC[C@H]3[C@@H](CCC4=CC(=O)CC[C@@]43CBr)[C@@H]1CCC2=O. The summed E-state index contributed by atoms with van der Waals surface area (Å²) >= 11 is 3.80. The minimum atomic E-state index is -0.0413. The molecule has 3 heteroatoms. The predicted molar refractivity (Wildman–Crippen MR) is 89.8 cm³/mol. The van der Waals surface area contributed by atoms with E-state index in [1.165, 1.54) is 18.4 Å². The Bertz CT molecular complexity index is 566. The van der Waals surface area contributed by atoms with Crippen LogP contribution in [-0.4, -0.2) is 16.9 Å². The molecule has 0 amide bonds. The molecule has 2 nitrogen and oxygen atoms in total. The molecule has 5 atom stereocenters. The molecular formula is C19H25BrO2. The fourth-order valence-corrected chi connectivity index (χ4v) is 7.44. The second-order valence-corrected chi connectivity index (χ2v) is 8.82. The maximum absolute atomic E-state index is 12.4. The van der Waals surface area contributed by atoms with Gasteiger partial charge in [-0.05, 0) is 62.4 Å². The highest BCUT2D eigenvalue weighted by atomic mass is 79.9. The Kier molecular flexibility index (Phi) is 3.45. The van der Waals surface area contributed by atoms with Crippen molar-refractivity contribution in [2.24, 2.45) is 28.6 Å². The van der Waals surface area contributed by atoms with Crippen LogP contribution in [0.5, 0.6) is 0 Å². The lowest BCUT2D eigenvalue weighted by Crippen LogP contribution is -2.52. The number of hydrogen-bond donors (Lipinski definition) is 0. The first kappa shape index (κ1) is 15.1. The Balaban J connectivity index is 1.73. The van der Waals surface area contributed by atoms with Gasteiger partial charge < -0.3 is 0 Å². The summed E-state index contributed by atoms with van der Waals surface area (Å²) in [7, 11) is 0. The minimum absolute atomic E-state index is 0.0413. The van der Waals surface area contributed by atoms with Crippen molar-refractivity contribution in [3.63, 3.8) is 0 Å². The van der Waals surface area contributed by atoms with Crippen LogP contribution in [0.15, 0.2) is 11.6 Å². The van der Waals surface area contributed by atoms with Crippen molar-refractivity contribution in [2.45, 2.75) is 58.3 Å². The third-order valence-electron chi connectivity index (χ3n) is 7.63. The number of carbonyl (C=O) groups is 2. The monoisotopic (exact) mass is 364 g/mol. The van der Waals surface area contributed by atoms with Crippen molar-refractivity contribution in [3.05, 3.63) is 11.6 Å². The van der Waals surface area contributed by atoms with Gasteiger partial charge in [-0.1, -0.05) is 28.4 Å². The maximum Gasteiger partial charge on any atom is 0.155 e. The third kappa shape index (κ3) is 1.84. The number of carbonyl (C=O) groups excluding carboxylic acids is 2. The Morgan fingerprint density at radius 3 is 2.68 bits per heavy atom. The number of Topliss-reactive ketones (excluding diaryl/α,β-unsaturated/α-hetero) is 1. The van der Waals surface area contributed by atoms with Crippen molar-refractivity contribution >= 4 is 27.5 Å². The molecule has 22 heavy (non-hydrogen) atoms. The van der Waals surface area contributed by atoms with Gasteiger partial charge in [0.15, 0.2) is 5.78 Å². The van der Waals surface area contributed by atoms with Crippen molar-refractivity contribution in [1.82, 2.24) is 0 Å². The molecule has 4 aliphatic rings. The van der Waals surface area contributed by atoms with Crippen LogP contribution < -0.4 is 0 Å². The molecule has 0 aromatic rings. The highest BCUT2D eigenvalue weighted by Crippen LogP contribution is 2.64. The lowest BCUT2D eigenvalue weighted by molar-refractivity contribution is -0.132. The molecule has 0 aromatic carbocycles. The van der Waals surface area contributed by atoms with E-state index in [0.29, 0.717) is 35.7 Å². The summed E-state index contributed by atoms with van der Waals surface area (Å²) in [6, 6.07) is 0. The topological polar surface area (TPSA) is 34.1 Å². The van der Waals surface area contributed by atoms with E-state index in [1.54, 1.807) is 0 Å². The van der Waals surface area contributed by atoms with E-state index < -0.39 is 0 Å². The normalized spacial score (nSPS) is 47.5. The third-order valence-corrected chi connectivity index (χ3v) is 8.63. The van der Waals surface area contributed by atoms with Crippen LogP contribution in [-0.2, 0) is 9.59 Å². The smallest absolute Gasteiger partial charge is 0.155 e. The molecule has 4 aliphatic carbocycles. The van der Waals surface area contributed by atoms with Crippen LogP contribution in [0.25, 0.3) is 0 Å². The standard InChI is InChI=1S/C19H25BrO2/c1-18-8-7-16-14(15(18)4-5-17(18)22)3-2-12-10-13(21)6-9-19(12,16)11-20/h10,14-16H,2-9,11H2,1H3/t14-,15-,16-,18-,19+/m0/s1. The first-order valence-electron chi connectivity index (χ1n) is 8.84. The van der Waals surface area contributed by atoms with E-state index in [9.17, 15) is 9.59 Å². The summed E-state index contributed by atoms with van der Waals surface area (Å²) in [5.41, 5.74) is 1.57. The van der Waals surface area contributed by atoms with Crippen molar-refractivity contribution in [1.29, 1.82) is 0 Å². The number of halogens is 1. The molecule has 0 radical (unpaired) electrons. The molecular weight excluding hydrogens is 340 g/mol. The second-order valence-electron chi connectivity index (χ2n) is 8.26. The number of alkyl halides is 1. The molecule has 0 aromatic heterocycles. The van der Waals surface area contributed by atoms with Gasteiger partial charge in [0.1, 0.15) is 5.78 Å². The lowest BCUT2D eigenvalue weighted by Gasteiger charge is -2.57. The summed E-state index contributed by atoms with van der Waals surface area (Å²) in [4.78, 5) is 24.3. The first-order valence-corrected chi connectivity index (χ1v) is 9.96. The maximum atomic E-state index is 12.4. The quantitative estimate of drug-likeness (QED) is 0.643. The van der Waals surface area contributed by atoms with Gasteiger partial charge in [-0.25, -0.2) is 0 Å². The molecule has 0 spiro atoms. The first-order chi connectivity index (χ1) is 10.5. The number of rotatable bonds is 1. The van der Waals surface area contributed by atoms with Gasteiger partial charge in [0.25, 0.3) is 0 Å². The molecule has 4 rings (SSSR count). The van der Waals surface area contributed by atoms with Crippen LogP contribution in [0.1, 0.15) is 58.3 Å². The molecule has 0 heterocycles. The van der Waals surface area contributed by atoms with E-state index >= 15 is 0 Å². The summed E-state index contributed by atoms with van der Waals surface area (Å²) in [5.74, 6) is 2.79. The van der Waals surface area contributed by atoms with Crippen molar-refractivity contribution in [2.75, 3.05) is 5.33 Å². The predicted octanol–water partition coefficient (Wildman–Crippen LogP) is 4.46. The summed E-state index contributed by atoms with van der Waals surface area (Å²) in [6.07, 6.45) is 10.1. The number of hydrogen-bond acceptors (Lipinski definition) is 2. The molecule has 0 bridgehead atoms.